The lowest BCUT2D eigenvalue weighted by atomic mass is 10.1. The Hall–Kier alpha value is -3.28. The van der Waals surface area contributed by atoms with Crippen molar-refractivity contribution in [2.24, 2.45) is 5.16 Å². The molecule has 0 aliphatic carbocycles. The molecule has 0 aliphatic heterocycles. The number of aromatic amines is 1. The second-order valence-electron chi connectivity index (χ2n) is 5.05. The summed E-state index contributed by atoms with van der Waals surface area (Å²) in [5, 5.41) is 12.8. The standard InChI is InChI=1S/C18H17N3O3/c1-23-14-7-3-12(4-8-14)16-11-19-18(20-16)17(21-22)13-5-9-15(24-2)10-6-13/h3-11,22H,1-2H3,(H,19,20)/b21-17+. The summed E-state index contributed by atoms with van der Waals surface area (Å²) in [6.45, 7) is 0. The van der Waals surface area contributed by atoms with Crippen molar-refractivity contribution in [1.29, 1.82) is 0 Å². The maximum atomic E-state index is 9.39. The van der Waals surface area contributed by atoms with Crippen LogP contribution in [0.5, 0.6) is 11.5 Å². The van der Waals surface area contributed by atoms with Crippen molar-refractivity contribution in [2.75, 3.05) is 14.2 Å². The lowest BCUT2D eigenvalue weighted by Crippen LogP contribution is -2.05. The van der Waals surface area contributed by atoms with E-state index in [4.69, 9.17) is 9.47 Å². The van der Waals surface area contributed by atoms with Crippen molar-refractivity contribution in [2.45, 2.75) is 0 Å². The van der Waals surface area contributed by atoms with Gasteiger partial charge in [0.2, 0.25) is 0 Å². The number of nitrogens with one attached hydrogen (secondary N) is 1. The highest BCUT2D eigenvalue weighted by atomic mass is 16.5. The average Bonchev–Trinajstić information content (AvgIpc) is 3.13. The number of benzene rings is 2. The summed E-state index contributed by atoms with van der Waals surface area (Å²) < 4.78 is 10.3. The smallest absolute Gasteiger partial charge is 0.160 e. The molecule has 0 aliphatic rings. The molecule has 24 heavy (non-hydrogen) atoms. The zero-order valence-electron chi connectivity index (χ0n) is 13.4. The van der Waals surface area contributed by atoms with E-state index < -0.39 is 0 Å². The van der Waals surface area contributed by atoms with E-state index in [9.17, 15) is 5.21 Å². The summed E-state index contributed by atoms with van der Waals surface area (Å²) in [6, 6.07) is 14.8. The molecule has 0 fully saturated rings. The van der Waals surface area contributed by atoms with Gasteiger partial charge in [0.05, 0.1) is 26.1 Å². The molecule has 0 saturated heterocycles. The molecule has 2 N–H and O–H groups in total. The number of methoxy groups -OCH3 is 2. The lowest BCUT2D eigenvalue weighted by Gasteiger charge is -2.04. The van der Waals surface area contributed by atoms with Gasteiger partial charge < -0.3 is 19.7 Å². The number of hydrogen-bond donors (Lipinski definition) is 2. The summed E-state index contributed by atoms with van der Waals surface area (Å²) in [5.74, 6) is 2.00. The first kappa shape index (κ1) is 15.6. The molecule has 0 spiro atoms. The van der Waals surface area contributed by atoms with Gasteiger partial charge in [-0.05, 0) is 54.1 Å². The van der Waals surface area contributed by atoms with E-state index in [1.807, 2.05) is 36.4 Å². The lowest BCUT2D eigenvalue weighted by molar-refractivity contribution is 0.319. The fourth-order valence-corrected chi connectivity index (χ4v) is 2.35. The minimum Gasteiger partial charge on any atom is -0.497 e. The van der Waals surface area contributed by atoms with Crippen LogP contribution in [0.3, 0.4) is 0 Å². The minimum atomic E-state index is 0.359. The summed E-state index contributed by atoms with van der Waals surface area (Å²) in [5.41, 5.74) is 2.87. The van der Waals surface area contributed by atoms with E-state index in [-0.39, 0.29) is 0 Å². The third-order valence-corrected chi connectivity index (χ3v) is 3.66. The Bertz CT molecular complexity index is 837. The summed E-state index contributed by atoms with van der Waals surface area (Å²) >= 11 is 0. The molecule has 6 nitrogen and oxygen atoms in total. The van der Waals surface area contributed by atoms with E-state index >= 15 is 0 Å². The average molecular weight is 323 g/mol. The zero-order chi connectivity index (χ0) is 16.9. The van der Waals surface area contributed by atoms with Crippen LogP contribution < -0.4 is 9.47 Å². The number of oxime groups is 1. The highest BCUT2D eigenvalue weighted by Crippen LogP contribution is 2.22. The molecule has 0 unspecified atom stereocenters. The molecule has 3 aromatic rings. The normalized spacial score (nSPS) is 11.3. The Kier molecular flexibility index (Phi) is 4.47. The second kappa shape index (κ2) is 6.87. The van der Waals surface area contributed by atoms with Crippen LogP contribution in [0.1, 0.15) is 11.4 Å². The van der Waals surface area contributed by atoms with E-state index in [1.54, 1.807) is 32.5 Å². The third kappa shape index (κ3) is 3.08. The van der Waals surface area contributed by atoms with E-state index in [0.717, 1.165) is 28.3 Å². The quantitative estimate of drug-likeness (QED) is 0.429. The van der Waals surface area contributed by atoms with Crippen LogP contribution in [0.4, 0.5) is 0 Å². The molecule has 122 valence electrons. The predicted molar refractivity (Wildman–Crippen MR) is 91.0 cm³/mol. The first-order valence-corrected chi connectivity index (χ1v) is 7.31. The monoisotopic (exact) mass is 323 g/mol. The number of hydrogen-bond acceptors (Lipinski definition) is 5. The van der Waals surface area contributed by atoms with Crippen LogP contribution in [0.15, 0.2) is 59.9 Å². The van der Waals surface area contributed by atoms with Gasteiger partial charge in [-0.2, -0.15) is 0 Å². The molecule has 1 aromatic heterocycles. The number of H-pyrrole nitrogens is 1. The van der Waals surface area contributed by atoms with Crippen molar-refractivity contribution >= 4 is 5.71 Å². The van der Waals surface area contributed by atoms with Crippen LogP contribution in [-0.2, 0) is 0 Å². The van der Waals surface area contributed by atoms with Gasteiger partial charge in [0, 0.05) is 5.56 Å². The fraction of sp³-hybridized carbons (Fsp3) is 0.111. The fourth-order valence-electron chi connectivity index (χ4n) is 2.35. The minimum absolute atomic E-state index is 0.359. The van der Waals surface area contributed by atoms with Gasteiger partial charge in [-0.1, -0.05) is 5.16 Å². The molecular weight excluding hydrogens is 306 g/mol. The van der Waals surface area contributed by atoms with Crippen LogP contribution in [-0.4, -0.2) is 35.1 Å². The Labute approximate surface area is 139 Å². The number of aromatic nitrogens is 2. The van der Waals surface area contributed by atoms with Gasteiger partial charge in [0.15, 0.2) is 11.5 Å². The largest absolute Gasteiger partial charge is 0.497 e. The van der Waals surface area contributed by atoms with Gasteiger partial charge in [0.1, 0.15) is 11.5 Å². The van der Waals surface area contributed by atoms with Crippen LogP contribution >= 0.6 is 0 Å². The number of rotatable bonds is 5. The van der Waals surface area contributed by atoms with Crippen molar-refractivity contribution in [3.8, 4) is 22.8 Å². The molecule has 0 radical (unpaired) electrons. The Morgan fingerprint density at radius 2 is 1.54 bits per heavy atom. The molecule has 0 amide bonds. The van der Waals surface area contributed by atoms with E-state index in [2.05, 4.69) is 15.1 Å². The summed E-state index contributed by atoms with van der Waals surface area (Å²) in [4.78, 5) is 7.49. The topological polar surface area (TPSA) is 79.7 Å². The Morgan fingerprint density at radius 3 is 2.08 bits per heavy atom. The number of ether oxygens (including phenoxy) is 2. The molecule has 0 atom stereocenters. The van der Waals surface area contributed by atoms with Gasteiger partial charge >= 0.3 is 0 Å². The van der Waals surface area contributed by atoms with Crippen LogP contribution in [0.25, 0.3) is 11.3 Å². The summed E-state index contributed by atoms with van der Waals surface area (Å²) in [7, 11) is 3.23. The number of imidazole rings is 1. The predicted octanol–water partition coefficient (Wildman–Crippen LogP) is 3.32. The van der Waals surface area contributed by atoms with Crippen molar-refractivity contribution in [1.82, 2.24) is 9.97 Å². The van der Waals surface area contributed by atoms with Gasteiger partial charge in [-0.25, -0.2) is 4.98 Å². The van der Waals surface area contributed by atoms with Gasteiger partial charge in [0.25, 0.3) is 0 Å². The first-order chi connectivity index (χ1) is 11.7. The van der Waals surface area contributed by atoms with Gasteiger partial charge in [-0.3, -0.25) is 0 Å². The molecule has 2 aromatic carbocycles. The second-order valence-corrected chi connectivity index (χ2v) is 5.05. The first-order valence-electron chi connectivity index (χ1n) is 7.31. The summed E-state index contributed by atoms with van der Waals surface area (Å²) in [6.07, 6.45) is 1.70. The van der Waals surface area contributed by atoms with Crippen LogP contribution in [0, 0.1) is 0 Å². The maximum absolute atomic E-state index is 9.39. The van der Waals surface area contributed by atoms with E-state index in [1.165, 1.54) is 0 Å². The highest BCUT2D eigenvalue weighted by Gasteiger charge is 2.13. The van der Waals surface area contributed by atoms with Crippen LogP contribution in [0.2, 0.25) is 0 Å². The molecule has 0 bridgehead atoms. The molecule has 0 saturated carbocycles. The maximum Gasteiger partial charge on any atom is 0.160 e. The molecule has 3 rings (SSSR count). The molecule has 6 heteroatoms. The molecular formula is C18H17N3O3. The molecule has 1 heterocycles. The Morgan fingerprint density at radius 1 is 0.958 bits per heavy atom. The Balaban J connectivity index is 1.89. The third-order valence-electron chi connectivity index (χ3n) is 3.66. The number of nitrogens with zero attached hydrogens (tertiary/aromatic N) is 2. The highest BCUT2D eigenvalue weighted by molar-refractivity contribution is 6.10. The van der Waals surface area contributed by atoms with Gasteiger partial charge in [-0.15, -0.1) is 0 Å². The van der Waals surface area contributed by atoms with E-state index in [0.29, 0.717) is 11.5 Å². The van der Waals surface area contributed by atoms with Crippen molar-refractivity contribution in [3.63, 3.8) is 0 Å². The zero-order valence-corrected chi connectivity index (χ0v) is 13.4. The van der Waals surface area contributed by atoms with Crippen molar-refractivity contribution in [3.05, 3.63) is 66.1 Å². The SMILES string of the molecule is COc1ccc(/C(=N\O)c2ncc(-c3ccc(OC)cc3)[nH]2)cc1. The van der Waals surface area contributed by atoms with Crippen molar-refractivity contribution < 1.29 is 14.7 Å².